The van der Waals surface area contributed by atoms with Crippen LogP contribution in [0.1, 0.15) is 31.2 Å². The van der Waals surface area contributed by atoms with Crippen LogP contribution in [-0.4, -0.2) is 65.5 Å². The molecule has 1 aromatic heterocycles. The molecule has 2 aliphatic heterocycles. The summed E-state index contributed by atoms with van der Waals surface area (Å²) < 4.78 is 19.5. The normalized spacial score (nSPS) is 25.7. The van der Waals surface area contributed by atoms with E-state index in [1.165, 1.54) is 18.9 Å². The van der Waals surface area contributed by atoms with Gasteiger partial charge in [-0.3, -0.25) is 9.89 Å². The zero-order valence-electron chi connectivity index (χ0n) is 16.5. The van der Waals surface area contributed by atoms with Crippen LogP contribution in [0.2, 0.25) is 0 Å². The van der Waals surface area contributed by atoms with E-state index in [9.17, 15) is 4.39 Å². The molecular formula is C22H26FN5O. The Morgan fingerprint density at radius 2 is 1.90 bits per heavy atom. The SMILES string of the molecule is FC1=CCN=C1c1ccc2ncnc(NC3CCC(N4CCOCC4)CC3)c2c1. The third-order valence-corrected chi connectivity index (χ3v) is 6.25. The topological polar surface area (TPSA) is 62.6 Å². The summed E-state index contributed by atoms with van der Waals surface area (Å²) in [5, 5.41) is 4.55. The molecule has 1 saturated heterocycles. The first-order valence-electron chi connectivity index (χ1n) is 10.5. The van der Waals surface area contributed by atoms with E-state index >= 15 is 0 Å². The van der Waals surface area contributed by atoms with Gasteiger partial charge < -0.3 is 10.1 Å². The summed E-state index contributed by atoms with van der Waals surface area (Å²) >= 11 is 0. The summed E-state index contributed by atoms with van der Waals surface area (Å²) in [5.74, 6) is 0.576. The van der Waals surface area contributed by atoms with Crippen molar-refractivity contribution >= 4 is 22.4 Å². The smallest absolute Gasteiger partial charge is 0.146 e. The van der Waals surface area contributed by atoms with E-state index in [1.807, 2.05) is 18.2 Å². The van der Waals surface area contributed by atoms with Crippen molar-refractivity contribution in [2.75, 3.05) is 38.2 Å². The molecule has 2 aromatic rings. The molecule has 0 spiro atoms. The van der Waals surface area contributed by atoms with Gasteiger partial charge in [-0.15, -0.1) is 0 Å². The van der Waals surface area contributed by atoms with Gasteiger partial charge in [-0.2, -0.15) is 0 Å². The van der Waals surface area contributed by atoms with E-state index in [0.29, 0.717) is 24.3 Å². The molecule has 1 saturated carbocycles. The number of nitrogens with one attached hydrogen (secondary N) is 1. The molecule has 1 N–H and O–H groups in total. The Balaban J connectivity index is 1.31. The van der Waals surface area contributed by atoms with Crippen molar-refractivity contribution in [3.05, 3.63) is 42.0 Å². The van der Waals surface area contributed by atoms with Crippen LogP contribution >= 0.6 is 0 Å². The number of morpholine rings is 1. The van der Waals surface area contributed by atoms with Gasteiger partial charge >= 0.3 is 0 Å². The third kappa shape index (κ3) is 3.89. The zero-order valence-corrected chi connectivity index (χ0v) is 16.5. The van der Waals surface area contributed by atoms with Gasteiger partial charge in [-0.1, -0.05) is 6.07 Å². The van der Waals surface area contributed by atoms with E-state index in [0.717, 1.165) is 61.4 Å². The van der Waals surface area contributed by atoms with Crippen LogP contribution in [0.3, 0.4) is 0 Å². The molecule has 6 nitrogen and oxygen atoms in total. The zero-order chi connectivity index (χ0) is 19.6. The van der Waals surface area contributed by atoms with Gasteiger partial charge in [0.05, 0.1) is 25.3 Å². The molecule has 29 heavy (non-hydrogen) atoms. The molecule has 0 unspecified atom stereocenters. The second-order valence-corrected chi connectivity index (χ2v) is 7.99. The number of hydrogen-bond acceptors (Lipinski definition) is 6. The fraction of sp³-hybridized carbons (Fsp3) is 0.500. The highest BCUT2D eigenvalue weighted by molar-refractivity contribution is 6.14. The van der Waals surface area contributed by atoms with Crippen molar-refractivity contribution in [3.8, 4) is 0 Å². The Morgan fingerprint density at radius 1 is 1.07 bits per heavy atom. The van der Waals surface area contributed by atoms with E-state index in [-0.39, 0.29) is 5.83 Å². The number of anilines is 1. The van der Waals surface area contributed by atoms with Crippen molar-refractivity contribution in [1.29, 1.82) is 0 Å². The minimum Gasteiger partial charge on any atom is -0.379 e. The molecule has 0 atom stereocenters. The molecule has 1 aliphatic carbocycles. The lowest BCUT2D eigenvalue weighted by atomic mass is 9.90. The number of benzene rings is 1. The number of nitrogens with zero attached hydrogens (tertiary/aromatic N) is 4. The molecule has 5 rings (SSSR count). The van der Waals surface area contributed by atoms with Crippen LogP contribution in [0.4, 0.5) is 10.2 Å². The lowest BCUT2D eigenvalue weighted by Crippen LogP contribution is -2.46. The largest absolute Gasteiger partial charge is 0.379 e. The van der Waals surface area contributed by atoms with E-state index in [1.54, 1.807) is 6.33 Å². The molecular weight excluding hydrogens is 369 g/mol. The van der Waals surface area contributed by atoms with Crippen LogP contribution in [0.5, 0.6) is 0 Å². The highest BCUT2D eigenvalue weighted by Gasteiger charge is 2.27. The summed E-state index contributed by atoms with van der Waals surface area (Å²) in [6.07, 6.45) is 7.73. The van der Waals surface area contributed by atoms with Crippen LogP contribution in [-0.2, 0) is 4.74 Å². The fourth-order valence-electron chi connectivity index (χ4n) is 4.66. The van der Waals surface area contributed by atoms with Gasteiger partial charge in [0.25, 0.3) is 0 Å². The van der Waals surface area contributed by atoms with Crippen molar-refractivity contribution < 1.29 is 9.13 Å². The maximum Gasteiger partial charge on any atom is 0.146 e. The van der Waals surface area contributed by atoms with Crippen LogP contribution in [0.15, 0.2) is 41.4 Å². The number of ether oxygens (including phenoxy) is 1. The van der Waals surface area contributed by atoms with Gasteiger partial charge in [-0.05, 0) is 43.9 Å². The minimum atomic E-state index is -0.253. The summed E-state index contributed by atoms with van der Waals surface area (Å²) in [5.41, 5.74) is 2.06. The maximum absolute atomic E-state index is 14.0. The fourth-order valence-corrected chi connectivity index (χ4v) is 4.66. The highest BCUT2D eigenvalue weighted by atomic mass is 19.1. The Kier molecular flexibility index (Phi) is 5.24. The predicted octanol–water partition coefficient (Wildman–Crippen LogP) is 3.34. The molecule has 0 amide bonds. The van der Waals surface area contributed by atoms with Crippen molar-refractivity contribution in [2.24, 2.45) is 4.99 Å². The molecule has 2 fully saturated rings. The standard InChI is InChI=1S/C22H26FN5O/c23-19-7-8-24-21(19)15-1-6-20-18(13-15)22(26-14-25-20)27-16-2-4-17(5-3-16)28-9-11-29-12-10-28/h1,6-7,13-14,16-17H,2-5,8-12H2,(H,25,26,27). The number of allylic oxidation sites excluding steroid dienone is 1. The van der Waals surface area contributed by atoms with E-state index in [4.69, 9.17) is 4.74 Å². The number of halogens is 1. The highest BCUT2D eigenvalue weighted by Crippen LogP contribution is 2.29. The molecule has 3 heterocycles. The van der Waals surface area contributed by atoms with Crippen molar-refractivity contribution in [1.82, 2.24) is 14.9 Å². The number of aliphatic imine (C=N–C) groups is 1. The number of rotatable bonds is 4. The van der Waals surface area contributed by atoms with Crippen molar-refractivity contribution in [3.63, 3.8) is 0 Å². The maximum atomic E-state index is 14.0. The Labute approximate surface area is 169 Å². The number of fused-ring (bicyclic) bond motifs is 1. The summed E-state index contributed by atoms with van der Waals surface area (Å²) in [7, 11) is 0. The molecule has 152 valence electrons. The molecule has 1 aromatic carbocycles. The Morgan fingerprint density at radius 3 is 2.66 bits per heavy atom. The number of aromatic nitrogens is 2. The minimum absolute atomic E-state index is 0.253. The van der Waals surface area contributed by atoms with Crippen LogP contribution in [0.25, 0.3) is 10.9 Å². The first-order valence-corrected chi connectivity index (χ1v) is 10.5. The first-order chi connectivity index (χ1) is 14.3. The van der Waals surface area contributed by atoms with Crippen molar-refractivity contribution in [2.45, 2.75) is 37.8 Å². The second-order valence-electron chi connectivity index (χ2n) is 7.99. The lowest BCUT2D eigenvalue weighted by molar-refractivity contribution is 0.00791. The quantitative estimate of drug-likeness (QED) is 0.860. The van der Waals surface area contributed by atoms with Gasteiger partial charge in [-0.25, -0.2) is 14.4 Å². The summed E-state index contributed by atoms with van der Waals surface area (Å²) in [6.45, 7) is 4.22. The van der Waals surface area contributed by atoms with Crippen LogP contribution < -0.4 is 5.32 Å². The van der Waals surface area contributed by atoms with Gasteiger partial charge in [0.1, 0.15) is 23.7 Å². The van der Waals surface area contributed by atoms with Gasteiger partial charge in [0, 0.05) is 36.1 Å². The second kappa shape index (κ2) is 8.16. The summed E-state index contributed by atoms with van der Waals surface area (Å²) in [4.78, 5) is 15.7. The predicted molar refractivity (Wildman–Crippen MR) is 112 cm³/mol. The molecule has 0 radical (unpaired) electrons. The average molecular weight is 395 g/mol. The molecule has 3 aliphatic rings. The van der Waals surface area contributed by atoms with E-state index < -0.39 is 0 Å². The molecule has 0 bridgehead atoms. The lowest BCUT2D eigenvalue weighted by Gasteiger charge is -2.39. The van der Waals surface area contributed by atoms with Crippen LogP contribution in [0, 0.1) is 0 Å². The van der Waals surface area contributed by atoms with Gasteiger partial charge in [0.15, 0.2) is 0 Å². The molecule has 7 heteroatoms. The van der Waals surface area contributed by atoms with Gasteiger partial charge in [0.2, 0.25) is 0 Å². The first kappa shape index (κ1) is 18.6. The Hall–Kier alpha value is -2.38. The van der Waals surface area contributed by atoms with E-state index in [2.05, 4.69) is 25.2 Å². The average Bonchev–Trinajstić information content (AvgIpc) is 3.21. The summed E-state index contributed by atoms with van der Waals surface area (Å²) in [6, 6.07) is 6.81. The Bertz CT molecular complexity index is 945. The monoisotopic (exact) mass is 395 g/mol. The number of hydrogen-bond donors (Lipinski definition) is 1. The third-order valence-electron chi connectivity index (χ3n) is 6.25.